The first-order chi connectivity index (χ1) is 8.65. The van der Waals surface area contributed by atoms with Crippen molar-refractivity contribution in [3.63, 3.8) is 0 Å². The van der Waals surface area contributed by atoms with Crippen molar-refractivity contribution < 1.29 is 4.74 Å². The molecular formula is C15H22N2O. The average Bonchev–Trinajstić information content (AvgIpc) is 2.79. The van der Waals surface area contributed by atoms with Crippen LogP contribution in [-0.2, 0) is 17.7 Å². The smallest absolute Gasteiger partial charge is 0.0645 e. The summed E-state index contributed by atoms with van der Waals surface area (Å²) < 4.78 is 5.57. The van der Waals surface area contributed by atoms with E-state index in [2.05, 4.69) is 42.3 Å². The van der Waals surface area contributed by atoms with Gasteiger partial charge in [-0.2, -0.15) is 0 Å². The van der Waals surface area contributed by atoms with Crippen LogP contribution in [0.2, 0.25) is 0 Å². The standard InChI is InChI=1S/C15H22N2O/c1-15(2)11-18-8-7-17(15)10-12-3-4-13-5-6-16-14(13)9-12/h3-4,9,16H,5-8,10-11H2,1-2H3. The first-order valence-electron chi connectivity index (χ1n) is 6.84. The Morgan fingerprint density at radius 1 is 1.39 bits per heavy atom. The molecule has 1 N–H and O–H groups in total. The number of hydrogen-bond donors (Lipinski definition) is 1. The van der Waals surface area contributed by atoms with Crippen LogP contribution in [0.3, 0.4) is 0 Å². The molecule has 0 spiro atoms. The summed E-state index contributed by atoms with van der Waals surface area (Å²) >= 11 is 0. The zero-order valence-electron chi connectivity index (χ0n) is 11.3. The van der Waals surface area contributed by atoms with Crippen molar-refractivity contribution in [3.05, 3.63) is 29.3 Å². The third-order valence-electron chi connectivity index (χ3n) is 4.07. The normalized spacial score (nSPS) is 22.6. The van der Waals surface area contributed by atoms with E-state index in [1.807, 2.05) is 0 Å². The molecule has 98 valence electrons. The van der Waals surface area contributed by atoms with Gasteiger partial charge in [-0.25, -0.2) is 0 Å². The highest BCUT2D eigenvalue weighted by atomic mass is 16.5. The number of benzene rings is 1. The summed E-state index contributed by atoms with van der Waals surface area (Å²) in [6.45, 7) is 9.34. The molecule has 3 rings (SSSR count). The Hall–Kier alpha value is -1.06. The summed E-state index contributed by atoms with van der Waals surface area (Å²) in [6.07, 6.45) is 1.17. The van der Waals surface area contributed by atoms with E-state index in [4.69, 9.17) is 4.74 Å². The first kappa shape index (κ1) is 12.0. The van der Waals surface area contributed by atoms with E-state index in [0.29, 0.717) is 0 Å². The number of ether oxygens (including phenoxy) is 1. The second kappa shape index (κ2) is 4.56. The number of fused-ring (bicyclic) bond motifs is 1. The van der Waals surface area contributed by atoms with Gasteiger partial charge in [0.1, 0.15) is 0 Å². The van der Waals surface area contributed by atoms with Crippen LogP contribution in [0.4, 0.5) is 5.69 Å². The molecule has 0 amide bonds. The monoisotopic (exact) mass is 246 g/mol. The second-order valence-corrected chi connectivity index (χ2v) is 5.95. The molecule has 2 heterocycles. The molecule has 0 radical (unpaired) electrons. The van der Waals surface area contributed by atoms with E-state index in [1.54, 1.807) is 0 Å². The van der Waals surface area contributed by atoms with Crippen molar-refractivity contribution in [2.45, 2.75) is 32.4 Å². The van der Waals surface area contributed by atoms with E-state index in [9.17, 15) is 0 Å². The van der Waals surface area contributed by atoms with Gasteiger partial charge in [-0.1, -0.05) is 12.1 Å². The Labute approximate surface area is 109 Å². The number of nitrogens with one attached hydrogen (secondary N) is 1. The SMILES string of the molecule is CC1(C)COCCN1Cc1ccc2c(c1)NCC2. The molecule has 3 nitrogen and oxygen atoms in total. The zero-order chi connectivity index (χ0) is 12.6. The lowest BCUT2D eigenvalue weighted by atomic mass is 10.0. The summed E-state index contributed by atoms with van der Waals surface area (Å²) in [7, 11) is 0. The highest BCUT2D eigenvalue weighted by Gasteiger charge is 2.30. The van der Waals surface area contributed by atoms with Gasteiger partial charge in [-0.15, -0.1) is 0 Å². The lowest BCUT2D eigenvalue weighted by Gasteiger charge is -2.42. The molecule has 18 heavy (non-hydrogen) atoms. The molecule has 0 aromatic heterocycles. The Balaban J connectivity index is 1.76. The number of anilines is 1. The van der Waals surface area contributed by atoms with Crippen molar-refractivity contribution in [2.75, 3.05) is 31.6 Å². The van der Waals surface area contributed by atoms with Crippen LogP contribution in [-0.4, -0.2) is 36.7 Å². The van der Waals surface area contributed by atoms with E-state index < -0.39 is 0 Å². The van der Waals surface area contributed by atoms with E-state index in [-0.39, 0.29) is 5.54 Å². The fourth-order valence-electron chi connectivity index (χ4n) is 2.84. The number of rotatable bonds is 2. The molecule has 0 saturated carbocycles. The van der Waals surface area contributed by atoms with Crippen LogP contribution in [0.15, 0.2) is 18.2 Å². The van der Waals surface area contributed by atoms with Crippen LogP contribution in [0.5, 0.6) is 0 Å². The molecule has 2 aliphatic rings. The lowest BCUT2D eigenvalue weighted by molar-refractivity contribution is -0.0552. The van der Waals surface area contributed by atoms with Gasteiger partial charge in [0.05, 0.1) is 13.2 Å². The van der Waals surface area contributed by atoms with Crippen molar-refractivity contribution in [1.82, 2.24) is 4.90 Å². The summed E-state index contributed by atoms with van der Waals surface area (Å²) in [5.41, 5.74) is 4.33. The van der Waals surface area contributed by atoms with Gasteiger partial charge in [0.15, 0.2) is 0 Å². The molecule has 3 heteroatoms. The Kier molecular flexibility index (Phi) is 3.04. The number of morpholine rings is 1. The third kappa shape index (κ3) is 2.25. The molecule has 1 aromatic carbocycles. The van der Waals surface area contributed by atoms with Gasteiger partial charge >= 0.3 is 0 Å². The van der Waals surface area contributed by atoms with Crippen molar-refractivity contribution in [2.24, 2.45) is 0 Å². The minimum Gasteiger partial charge on any atom is -0.384 e. The summed E-state index contributed by atoms with van der Waals surface area (Å²) in [5, 5.41) is 3.46. The molecule has 1 fully saturated rings. The predicted molar refractivity (Wildman–Crippen MR) is 73.9 cm³/mol. The fourth-order valence-corrected chi connectivity index (χ4v) is 2.84. The number of nitrogens with zero attached hydrogens (tertiary/aromatic N) is 1. The topological polar surface area (TPSA) is 24.5 Å². The zero-order valence-corrected chi connectivity index (χ0v) is 11.3. The van der Waals surface area contributed by atoms with Crippen LogP contribution in [0.1, 0.15) is 25.0 Å². The molecule has 1 aromatic rings. The Morgan fingerprint density at radius 2 is 2.28 bits per heavy atom. The molecule has 0 unspecified atom stereocenters. The highest BCUT2D eigenvalue weighted by molar-refractivity contribution is 5.57. The van der Waals surface area contributed by atoms with E-state index >= 15 is 0 Å². The van der Waals surface area contributed by atoms with Crippen molar-refractivity contribution in [1.29, 1.82) is 0 Å². The van der Waals surface area contributed by atoms with Crippen LogP contribution in [0, 0.1) is 0 Å². The molecule has 1 saturated heterocycles. The maximum atomic E-state index is 5.57. The van der Waals surface area contributed by atoms with Gasteiger partial charge in [0.25, 0.3) is 0 Å². The Bertz CT molecular complexity index is 442. The first-order valence-corrected chi connectivity index (χ1v) is 6.84. The quantitative estimate of drug-likeness (QED) is 0.866. The third-order valence-corrected chi connectivity index (χ3v) is 4.07. The molecule has 0 aliphatic carbocycles. The average molecular weight is 246 g/mol. The summed E-state index contributed by atoms with van der Waals surface area (Å²) in [6, 6.07) is 6.86. The number of hydrogen-bond acceptors (Lipinski definition) is 3. The van der Waals surface area contributed by atoms with E-state index in [1.165, 1.54) is 23.2 Å². The predicted octanol–water partition coefficient (Wildman–Crippen LogP) is 2.27. The van der Waals surface area contributed by atoms with Crippen LogP contribution < -0.4 is 5.32 Å². The van der Waals surface area contributed by atoms with Crippen molar-refractivity contribution in [3.8, 4) is 0 Å². The van der Waals surface area contributed by atoms with Crippen molar-refractivity contribution >= 4 is 5.69 Å². The van der Waals surface area contributed by atoms with Crippen LogP contribution in [0.25, 0.3) is 0 Å². The van der Waals surface area contributed by atoms with E-state index in [0.717, 1.165) is 32.8 Å². The maximum Gasteiger partial charge on any atom is 0.0645 e. The van der Waals surface area contributed by atoms with Gasteiger partial charge in [0, 0.05) is 30.9 Å². The van der Waals surface area contributed by atoms with Gasteiger partial charge in [-0.3, -0.25) is 4.90 Å². The van der Waals surface area contributed by atoms with Gasteiger partial charge < -0.3 is 10.1 Å². The minimum atomic E-state index is 0.144. The highest BCUT2D eigenvalue weighted by Crippen LogP contribution is 2.26. The summed E-state index contributed by atoms with van der Waals surface area (Å²) in [5.74, 6) is 0. The van der Waals surface area contributed by atoms with Gasteiger partial charge in [-0.05, 0) is 37.5 Å². The fraction of sp³-hybridized carbons (Fsp3) is 0.600. The van der Waals surface area contributed by atoms with Gasteiger partial charge in [0.2, 0.25) is 0 Å². The van der Waals surface area contributed by atoms with Crippen LogP contribution >= 0.6 is 0 Å². The second-order valence-electron chi connectivity index (χ2n) is 5.95. The molecule has 0 atom stereocenters. The lowest BCUT2D eigenvalue weighted by Crippen LogP contribution is -2.52. The maximum absolute atomic E-state index is 5.57. The molecule has 0 bridgehead atoms. The summed E-state index contributed by atoms with van der Waals surface area (Å²) in [4.78, 5) is 2.52. The molecule has 2 aliphatic heterocycles. The molecular weight excluding hydrogens is 224 g/mol. The Morgan fingerprint density at radius 3 is 3.11 bits per heavy atom. The largest absolute Gasteiger partial charge is 0.384 e. The minimum absolute atomic E-state index is 0.144.